The number of thiophene rings is 1. The number of anilines is 1. The Bertz CT molecular complexity index is 490. The van der Waals surface area contributed by atoms with Crippen molar-refractivity contribution in [1.82, 2.24) is 0 Å². The van der Waals surface area contributed by atoms with E-state index in [9.17, 15) is 4.39 Å². The van der Waals surface area contributed by atoms with E-state index in [4.69, 9.17) is 0 Å². The molecule has 0 bridgehead atoms. The van der Waals surface area contributed by atoms with E-state index in [0.29, 0.717) is 12.2 Å². The first-order valence-corrected chi connectivity index (χ1v) is 6.02. The lowest BCUT2D eigenvalue weighted by atomic mass is 10.2. The fourth-order valence-electron chi connectivity index (χ4n) is 1.54. The van der Waals surface area contributed by atoms with Gasteiger partial charge in [-0.25, -0.2) is 4.39 Å². The maximum Gasteiger partial charge on any atom is 0.146 e. The lowest BCUT2D eigenvalue weighted by molar-refractivity contribution is 0.630. The van der Waals surface area contributed by atoms with Gasteiger partial charge in [0.2, 0.25) is 0 Å². The molecule has 0 aliphatic heterocycles. The Kier molecular flexibility index (Phi) is 3.25. The molecule has 0 spiro atoms. The zero-order chi connectivity index (χ0) is 11.5. The highest BCUT2D eigenvalue weighted by molar-refractivity contribution is 7.11. The monoisotopic (exact) mass is 235 g/mol. The Morgan fingerprint density at radius 1 is 1.19 bits per heavy atom. The molecule has 1 aromatic carbocycles. The van der Waals surface area contributed by atoms with E-state index in [2.05, 4.69) is 24.4 Å². The van der Waals surface area contributed by atoms with Gasteiger partial charge in [-0.2, -0.15) is 0 Å². The van der Waals surface area contributed by atoms with Crippen LogP contribution in [0.5, 0.6) is 0 Å². The van der Waals surface area contributed by atoms with Crippen LogP contribution in [0.15, 0.2) is 30.3 Å². The molecule has 0 aliphatic rings. The third-order valence-corrected chi connectivity index (χ3v) is 3.37. The molecule has 0 atom stereocenters. The highest BCUT2D eigenvalue weighted by Gasteiger charge is 2.02. The van der Waals surface area contributed by atoms with Crippen LogP contribution in [0.1, 0.15) is 15.3 Å². The number of rotatable bonds is 3. The molecule has 0 saturated heterocycles. The second-order valence-electron chi connectivity index (χ2n) is 3.85. The van der Waals surface area contributed by atoms with Crippen molar-refractivity contribution in [3.8, 4) is 0 Å². The number of aryl methyl sites for hydroxylation is 2. The Balaban J connectivity index is 2.07. The average Bonchev–Trinajstić information content (AvgIpc) is 2.66. The second kappa shape index (κ2) is 4.66. The van der Waals surface area contributed by atoms with Gasteiger partial charge in [-0.05, 0) is 43.7 Å². The standard InChI is InChI=1S/C13H14FNS/c1-9-3-6-12(14)13(7-9)15-8-11-5-4-10(2)16-11/h3-7,15H,8H2,1-2H3. The Morgan fingerprint density at radius 2 is 2.00 bits per heavy atom. The normalized spacial score (nSPS) is 10.4. The van der Waals surface area contributed by atoms with Crippen molar-refractivity contribution in [3.63, 3.8) is 0 Å². The molecular formula is C13H14FNS. The molecule has 0 aliphatic carbocycles. The summed E-state index contributed by atoms with van der Waals surface area (Å²) in [5, 5.41) is 3.12. The van der Waals surface area contributed by atoms with Crippen molar-refractivity contribution in [2.45, 2.75) is 20.4 Å². The van der Waals surface area contributed by atoms with Crippen LogP contribution in [0, 0.1) is 19.7 Å². The van der Waals surface area contributed by atoms with Crippen LogP contribution in [-0.2, 0) is 6.54 Å². The summed E-state index contributed by atoms with van der Waals surface area (Å²) in [6.07, 6.45) is 0. The van der Waals surface area contributed by atoms with Crippen molar-refractivity contribution in [2.75, 3.05) is 5.32 Å². The third kappa shape index (κ3) is 2.61. The predicted octanol–water partition coefficient (Wildman–Crippen LogP) is 4.12. The Hall–Kier alpha value is -1.35. The molecule has 1 aromatic heterocycles. The van der Waals surface area contributed by atoms with Crippen LogP contribution in [0.25, 0.3) is 0 Å². The summed E-state index contributed by atoms with van der Waals surface area (Å²) >= 11 is 1.73. The number of nitrogens with one attached hydrogen (secondary N) is 1. The molecule has 1 heterocycles. The zero-order valence-corrected chi connectivity index (χ0v) is 10.2. The number of halogens is 1. The van der Waals surface area contributed by atoms with Crippen LogP contribution in [0.4, 0.5) is 10.1 Å². The molecule has 16 heavy (non-hydrogen) atoms. The summed E-state index contributed by atoms with van der Waals surface area (Å²) in [6.45, 7) is 4.71. The van der Waals surface area contributed by atoms with Gasteiger partial charge < -0.3 is 5.32 Å². The highest BCUT2D eigenvalue weighted by atomic mass is 32.1. The molecule has 0 amide bonds. The predicted molar refractivity (Wildman–Crippen MR) is 67.5 cm³/mol. The van der Waals surface area contributed by atoms with Gasteiger partial charge in [0, 0.05) is 16.3 Å². The van der Waals surface area contributed by atoms with E-state index < -0.39 is 0 Å². The molecule has 2 rings (SSSR count). The van der Waals surface area contributed by atoms with Crippen molar-refractivity contribution >= 4 is 17.0 Å². The van der Waals surface area contributed by atoms with Gasteiger partial charge >= 0.3 is 0 Å². The fraction of sp³-hybridized carbons (Fsp3) is 0.231. The van der Waals surface area contributed by atoms with E-state index in [1.54, 1.807) is 17.4 Å². The second-order valence-corrected chi connectivity index (χ2v) is 5.22. The lowest BCUT2D eigenvalue weighted by Crippen LogP contribution is -2.00. The smallest absolute Gasteiger partial charge is 0.146 e. The maximum atomic E-state index is 13.4. The minimum absolute atomic E-state index is 0.195. The fourth-order valence-corrected chi connectivity index (χ4v) is 2.37. The minimum atomic E-state index is -0.195. The van der Waals surface area contributed by atoms with Gasteiger partial charge in [0.25, 0.3) is 0 Å². The van der Waals surface area contributed by atoms with Gasteiger partial charge in [0.1, 0.15) is 5.82 Å². The number of hydrogen-bond acceptors (Lipinski definition) is 2. The van der Waals surface area contributed by atoms with Crippen molar-refractivity contribution in [2.24, 2.45) is 0 Å². The lowest BCUT2D eigenvalue weighted by Gasteiger charge is -2.06. The Labute approximate surface area is 98.9 Å². The molecule has 84 valence electrons. The molecule has 3 heteroatoms. The quantitative estimate of drug-likeness (QED) is 0.844. The molecule has 1 N–H and O–H groups in total. The largest absolute Gasteiger partial charge is 0.378 e. The summed E-state index contributed by atoms with van der Waals surface area (Å²) in [4.78, 5) is 2.50. The SMILES string of the molecule is Cc1ccc(F)c(NCc2ccc(C)s2)c1. The van der Waals surface area contributed by atoms with Crippen LogP contribution in [0.3, 0.4) is 0 Å². The van der Waals surface area contributed by atoms with Gasteiger partial charge in [-0.3, -0.25) is 0 Å². The van der Waals surface area contributed by atoms with Crippen LogP contribution >= 0.6 is 11.3 Å². The van der Waals surface area contributed by atoms with Crippen molar-refractivity contribution in [3.05, 3.63) is 51.5 Å². The van der Waals surface area contributed by atoms with E-state index in [0.717, 1.165) is 5.56 Å². The van der Waals surface area contributed by atoms with Crippen LogP contribution in [-0.4, -0.2) is 0 Å². The molecule has 1 nitrogen and oxygen atoms in total. The topological polar surface area (TPSA) is 12.0 Å². The Morgan fingerprint density at radius 3 is 2.69 bits per heavy atom. The summed E-state index contributed by atoms with van der Waals surface area (Å²) < 4.78 is 13.4. The van der Waals surface area contributed by atoms with Crippen molar-refractivity contribution < 1.29 is 4.39 Å². The third-order valence-electron chi connectivity index (χ3n) is 2.37. The van der Waals surface area contributed by atoms with E-state index in [1.165, 1.54) is 15.8 Å². The number of hydrogen-bond donors (Lipinski definition) is 1. The number of benzene rings is 1. The molecule has 2 aromatic rings. The molecule has 0 saturated carbocycles. The summed E-state index contributed by atoms with van der Waals surface area (Å²) in [5.74, 6) is -0.195. The minimum Gasteiger partial charge on any atom is -0.378 e. The van der Waals surface area contributed by atoms with E-state index >= 15 is 0 Å². The molecule has 0 unspecified atom stereocenters. The molecule has 0 fully saturated rings. The van der Waals surface area contributed by atoms with E-state index in [1.807, 2.05) is 13.0 Å². The summed E-state index contributed by atoms with van der Waals surface area (Å²) in [7, 11) is 0. The van der Waals surface area contributed by atoms with Gasteiger partial charge in [0.15, 0.2) is 0 Å². The van der Waals surface area contributed by atoms with Crippen molar-refractivity contribution in [1.29, 1.82) is 0 Å². The van der Waals surface area contributed by atoms with E-state index in [-0.39, 0.29) is 5.82 Å². The first kappa shape index (κ1) is 11.1. The first-order chi connectivity index (χ1) is 7.65. The van der Waals surface area contributed by atoms with Crippen LogP contribution in [0.2, 0.25) is 0 Å². The maximum absolute atomic E-state index is 13.4. The van der Waals surface area contributed by atoms with Gasteiger partial charge in [-0.15, -0.1) is 11.3 Å². The van der Waals surface area contributed by atoms with Gasteiger partial charge in [0.05, 0.1) is 5.69 Å². The first-order valence-electron chi connectivity index (χ1n) is 5.20. The summed E-state index contributed by atoms with van der Waals surface area (Å²) in [6, 6.07) is 9.25. The average molecular weight is 235 g/mol. The van der Waals surface area contributed by atoms with Crippen LogP contribution < -0.4 is 5.32 Å². The summed E-state index contributed by atoms with van der Waals surface area (Å²) in [5.41, 5.74) is 1.64. The molecule has 0 radical (unpaired) electrons. The zero-order valence-electron chi connectivity index (χ0n) is 9.38. The van der Waals surface area contributed by atoms with Gasteiger partial charge in [-0.1, -0.05) is 6.07 Å². The highest BCUT2D eigenvalue weighted by Crippen LogP contribution is 2.19. The molecular weight excluding hydrogens is 221 g/mol.